The van der Waals surface area contributed by atoms with Crippen LogP contribution in [0.2, 0.25) is 0 Å². The van der Waals surface area contributed by atoms with Gasteiger partial charge in [0, 0.05) is 17.5 Å². The number of phenols is 1. The monoisotopic (exact) mass is 234 g/mol. The Hall–Kier alpha value is -2.30. The van der Waals surface area contributed by atoms with Gasteiger partial charge in [-0.3, -0.25) is 0 Å². The Morgan fingerprint density at radius 2 is 2.18 bits per heavy atom. The number of fused-ring (bicyclic) bond motifs is 1. The van der Waals surface area contributed by atoms with Crippen molar-refractivity contribution in [2.75, 3.05) is 6.61 Å². The van der Waals surface area contributed by atoms with Gasteiger partial charge in [0.05, 0.1) is 12.2 Å². The maximum Gasteiger partial charge on any atom is 0.339 e. The van der Waals surface area contributed by atoms with Crippen LogP contribution in [0.15, 0.2) is 33.5 Å². The van der Waals surface area contributed by atoms with E-state index in [-0.39, 0.29) is 23.5 Å². The van der Waals surface area contributed by atoms with E-state index in [1.165, 1.54) is 18.2 Å². The minimum Gasteiger partial charge on any atom is -0.508 e. The van der Waals surface area contributed by atoms with Crippen molar-refractivity contribution in [2.24, 2.45) is 0 Å². The molecular weight excluding hydrogens is 224 g/mol. The summed E-state index contributed by atoms with van der Waals surface area (Å²) in [6.45, 7) is 1.90. The second-order valence-corrected chi connectivity index (χ2v) is 3.38. The average Bonchev–Trinajstić information content (AvgIpc) is 2.27. The quantitative estimate of drug-likeness (QED) is 0.631. The molecule has 0 unspecified atom stereocenters. The lowest BCUT2D eigenvalue weighted by molar-refractivity contribution is 0.0528. The van der Waals surface area contributed by atoms with Gasteiger partial charge >= 0.3 is 11.6 Å². The molecule has 1 heterocycles. The van der Waals surface area contributed by atoms with Crippen LogP contribution in [0.5, 0.6) is 5.75 Å². The summed E-state index contributed by atoms with van der Waals surface area (Å²) in [5.74, 6) is -0.627. The van der Waals surface area contributed by atoms with Crippen molar-refractivity contribution >= 4 is 16.9 Å². The number of phenolic OH excluding ortho intramolecular Hbond substituents is 1. The van der Waals surface area contributed by atoms with Crippen molar-refractivity contribution in [2.45, 2.75) is 6.92 Å². The highest BCUT2D eigenvalue weighted by molar-refractivity contribution is 6.02. The van der Waals surface area contributed by atoms with Crippen LogP contribution in [0.1, 0.15) is 17.3 Å². The van der Waals surface area contributed by atoms with Crippen molar-refractivity contribution in [3.05, 3.63) is 40.2 Å². The van der Waals surface area contributed by atoms with Gasteiger partial charge in [0.25, 0.3) is 0 Å². The molecule has 5 nitrogen and oxygen atoms in total. The summed E-state index contributed by atoms with van der Waals surface area (Å²) in [4.78, 5) is 22.9. The second-order valence-electron chi connectivity index (χ2n) is 3.38. The molecule has 5 heteroatoms. The van der Waals surface area contributed by atoms with E-state index in [0.717, 1.165) is 6.07 Å². The molecule has 1 aromatic carbocycles. The van der Waals surface area contributed by atoms with Crippen molar-refractivity contribution in [3.8, 4) is 5.75 Å². The van der Waals surface area contributed by atoms with E-state index in [1.54, 1.807) is 6.92 Å². The lowest BCUT2D eigenvalue weighted by Crippen LogP contribution is -2.09. The Kier molecular flexibility index (Phi) is 2.82. The Morgan fingerprint density at radius 1 is 1.41 bits per heavy atom. The first-order valence-electron chi connectivity index (χ1n) is 5.06. The normalized spacial score (nSPS) is 10.4. The molecule has 0 aliphatic heterocycles. The van der Waals surface area contributed by atoms with Crippen LogP contribution in [0.4, 0.5) is 0 Å². The van der Waals surface area contributed by atoms with Crippen LogP contribution in [0.3, 0.4) is 0 Å². The number of aromatic hydroxyl groups is 1. The maximum atomic E-state index is 11.6. The summed E-state index contributed by atoms with van der Waals surface area (Å²) in [5, 5.41) is 9.71. The van der Waals surface area contributed by atoms with E-state index in [1.807, 2.05) is 0 Å². The fraction of sp³-hybridized carbons (Fsp3) is 0.167. The van der Waals surface area contributed by atoms with E-state index in [0.29, 0.717) is 5.39 Å². The number of benzene rings is 1. The summed E-state index contributed by atoms with van der Waals surface area (Å²) < 4.78 is 9.73. The standard InChI is InChI=1S/C12H10O5/c1-2-16-12(15)9-6-11(14)17-10-5-7(13)3-4-8(9)10/h3-6,13H,2H2,1H3. The largest absolute Gasteiger partial charge is 0.508 e. The van der Waals surface area contributed by atoms with Crippen LogP contribution >= 0.6 is 0 Å². The molecule has 0 atom stereocenters. The topological polar surface area (TPSA) is 76.7 Å². The Bertz CT molecular complexity index is 626. The predicted molar refractivity (Wildman–Crippen MR) is 60.1 cm³/mol. The summed E-state index contributed by atoms with van der Waals surface area (Å²) in [5.41, 5.74) is -0.371. The number of carbonyl (C=O) groups excluding carboxylic acids is 1. The molecule has 88 valence electrons. The van der Waals surface area contributed by atoms with Gasteiger partial charge in [0.1, 0.15) is 11.3 Å². The van der Waals surface area contributed by atoms with Gasteiger partial charge in [-0.05, 0) is 19.1 Å². The molecule has 0 radical (unpaired) electrons. The lowest BCUT2D eigenvalue weighted by atomic mass is 10.1. The highest BCUT2D eigenvalue weighted by Crippen LogP contribution is 2.22. The number of esters is 1. The van der Waals surface area contributed by atoms with E-state index >= 15 is 0 Å². The molecule has 0 aliphatic carbocycles. The first kappa shape index (κ1) is 11.2. The summed E-state index contributed by atoms with van der Waals surface area (Å²) in [6, 6.07) is 5.27. The highest BCUT2D eigenvalue weighted by Gasteiger charge is 2.14. The van der Waals surface area contributed by atoms with E-state index in [2.05, 4.69) is 0 Å². The SMILES string of the molecule is CCOC(=O)c1cc(=O)oc2cc(O)ccc12. The average molecular weight is 234 g/mol. The fourth-order valence-electron chi connectivity index (χ4n) is 1.53. The number of rotatable bonds is 2. The second kappa shape index (κ2) is 4.29. The van der Waals surface area contributed by atoms with E-state index in [4.69, 9.17) is 9.15 Å². The molecule has 0 fully saturated rings. The van der Waals surface area contributed by atoms with Crippen LogP contribution in [-0.2, 0) is 4.74 Å². The maximum absolute atomic E-state index is 11.6. The number of hydrogen-bond acceptors (Lipinski definition) is 5. The molecule has 0 saturated carbocycles. The Balaban J connectivity index is 2.70. The zero-order chi connectivity index (χ0) is 12.4. The molecule has 0 spiro atoms. The third kappa shape index (κ3) is 2.13. The van der Waals surface area contributed by atoms with Crippen molar-refractivity contribution < 1.29 is 19.1 Å². The number of ether oxygens (including phenoxy) is 1. The van der Waals surface area contributed by atoms with Crippen LogP contribution in [-0.4, -0.2) is 17.7 Å². The van der Waals surface area contributed by atoms with Gasteiger partial charge in [-0.15, -0.1) is 0 Å². The first-order chi connectivity index (χ1) is 8.11. The molecule has 0 aliphatic rings. The van der Waals surface area contributed by atoms with Crippen molar-refractivity contribution in [3.63, 3.8) is 0 Å². The molecule has 2 aromatic rings. The zero-order valence-electron chi connectivity index (χ0n) is 9.10. The van der Waals surface area contributed by atoms with Gasteiger partial charge in [-0.25, -0.2) is 9.59 Å². The van der Waals surface area contributed by atoms with Gasteiger partial charge < -0.3 is 14.3 Å². The zero-order valence-corrected chi connectivity index (χ0v) is 9.10. The summed E-state index contributed by atoms with van der Waals surface area (Å²) in [6.07, 6.45) is 0. The number of carbonyl (C=O) groups is 1. The summed E-state index contributed by atoms with van der Waals surface area (Å²) >= 11 is 0. The molecule has 1 aromatic heterocycles. The molecular formula is C12H10O5. The Labute approximate surface area is 96.2 Å². The molecule has 0 bridgehead atoms. The molecule has 2 rings (SSSR count). The van der Waals surface area contributed by atoms with Gasteiger partial charge in [0.15, 0.2) is 0 Å². The first-order valence-corrected chi connectivity index (χ1v) is 5.06. The number of hydrogen-bond donors (Lipinski definition) is 1. The Morgan fingerprint density at radius 3 is 2.88 bits per heavy atom. The molecule has 17 heavy (non-hydrogen) atoms. The van der Waals surface area contributed by atoms with Gasteiger partial charge in [-0.1, -0.05) is 0 Å². The van der Waals surface area contributed by atoms with Gasteiger partial charge in [0.2, 0.25) is 0 Å². The molecule has 0 saturated heterocycles. The van der Waals surface area contributed by atoms with E-state index in [9.17, 15) is 14.7 Å². The highest BCUT2D eigenvalue weighted by atomic mass is 16.5. The van der Waals surface area contributed by atoms with Crippen LogP contribution < -0.4 is 5.63 Å². The van der Waals surface area contributed by atoms with Crippen molar-refractivity contribution in [1.82, 2.24) is 0 Å². The van der Waals surface area contributed by atoms with Crippen LogP contribution in [0.25, 0.3) is 11.0 Å². The molecule has 1 N–H and O–H groups in total. The van der Waals surface area contributed by atoms with Crippen molar-refractivity contribution in [1.29, 1.82) is 0 Å². The summed E-state index contributed by atoms with van der Waals surface area (Å²) in [7, 11) is 0. The third-order valence-electron chi connectivity index (χ3n) is 2.22. The molecule has 0 amide bonds. The van der Waals surface area contributed by atoms with Crippen LogP contribution in [0, 0.1) is 0 Å². The van der Waals surface area contributed by atoms with Gasteiger partial charge in [-0.2, -0.15) is 0 Å². The van der Waals surface area contributed by atoms with E-state index < -0.39 is 11.6 Å². The minimum absolute atomic E-state index is 0.0401. The smallest absolute Gasteiger partial charge is 0.339 e. The fourth-order valence-corrected chi connectivity index (χ4v) is 1.53. The lowest BCUT2D eigenvalue weighted by Gasteiger charge is -2.04. The predicted octanol–water partition coefficient (Wildman–Crippen LogP) is 1.68. The minimum atomic E-state index is -0.661. The third-order valence-corrected chi connectivity index (χ3v) is 2.22.